The van der Waals surface area contributed by atoms with Gasteiger partial charge in [-0.3, -0.25) is 9.59 Å². The Labute approximate surface area is 155 Å². The van der Waals surface area contributed by atoms with Crippen LogP contribution in [0.2, 0.25) is 0 Å². The molecule has 1 aromatic heterocycles. The van der Waals surface area contributed by atoms with Crippen LogP contribution in [0.1, 0.15) is 45.4 Å². The number of likely N-dealkylation sites (tertiary alicyclic amines) is 1. The summed E-state index contributed by atoms with van der Waals surface area (Å²) in [5.74, 6) is 1.87. The van der Waals surface area contributed by atoms with Crippen LogP contribution in [0.4, 0.5) is 11.5 Å². The fourth-order valence-electron chi connectivity index (χ4n) is 4.61. The van der Waals surface area contributed by atoms with Crippen molar-refractivity contribution in [2.45, 2.75) is 51.5 Å². The summed E-state index contributed by atoms with van der Waals surface area (Å²) in [4.78, 5) is 33.4. The van der Waals surface area contributed by atoms with Crippen molar-refractivity contribution in [3.63, 3.8) is 0 Å². The number of nitrogens with one attached hydrogen (secondary N) is 1. The van der Waals surface area contributed by atoms with Gasteiger partial charge in [0.05, 0.1) is 11.7 Å². The second-order valence-corrected chi connectivity index (χ2v) is 7.94. The number of carbonyl (C=O) groups is 2. The van der Waals surface area contributed by atoms with Gasteiger partial charge in [-0.15, -0.1) is 0 Å². The summed E-state index contributed by atoms with van der Waals surface area (Å²) >= 11 is 0. The maximum absolute atomic E-state index is 12.7. The molecule has 0 unspecified atom stereocenters. The lowest BCUT2D eigenvalue weighted by Crippen LogP contribution is -2.43. The minimum Gasteiger partial charge on any atom is -0.350 e. The highest BCUT2D eigenvalue weighted by Gasteiger charge is 2.42. The summed E-state index contributed by atoms with van der Waals surface area (Å²) in [7, 11) is 0. The number of anilines is 2. The molecule has 1 saturated carbocycles. The number of fused-ring (bicyclic) bond motifs is 1. The first-order valence-corrected chi connectivity index (χ1v) is 9.91. The van der Waals surface area contributed by atoms with Gasteiger partial charge in [-0.2, -0.15) is 0 Å². The van der Waals surface area contributed by atoms with E-state index in [4.69, 9.17) is 0 Å². The first-order chi connectivity index (χ1) is 12.6. The molecule has 1 aromatic rings. The molecule has 1 N–H and O–H groups in total. The molecule has 0 bridgehead atoms. The zero-order valence-corrected chi connectivity index (χ0v) is 15.5. The van der Waals surface area contributed by atoms with E-state index >= 15 is 0 Å². The second-order valence-electron chi connectivity index (χ2n) is 7.94. The average Bonchev–Trinajstić information content (AvgIpc) is 2.88. The van der Waals surface area contributed by atoms with Crippen LogP contribution >= 0.6 is 0 Å². The summed E-state index contributed by atoms with van der Waals surface area (Å²) in [5, 5.41) is 2.92. The molecule has 0 spiro atoms. The number of nitrogens with zero attached hydrogens (tertiary/aromatic N) is 3. The smallest absolute Gasteiger partial charge is 0.225 e. The van der Waals surface area contributed by atoms with Gasteiger partial charge in [-0.1, -0.05) is 12.8 Å². The Morgan fingerprint density at radius 3 is 2.73 bits per heavy atom. The van der Waals surface area contributed by atoms with Crippen molar-refractivity contribution in [1.29, 1.82) is 0 Å². The van der Waals surface area contributed by atoms with Gasteiger partial charge in [-0.05, 0) is 43.7 Å². The van der Waals surface area contributed by atoms with E-state index in [0.29, 0.717) is 17.9 Å². The number of pyridine rings is 1. The molecule has 3 heterocycles. The largest absolute Gasteiger partial charge is 0.350 e. The van der Waals surface area contributed by atoms with Crippen molar-refractivity contribution in [2.24, 2.45) is 11.8 Å². The predicted molar refractivity (Wildman–Crippen MR) is 101 cm³/mol. The molecule has 26 heavy (non-hydrogen) atoms. The standard InChI is InChI=1S/C20H28N4O2/c1-14(25)22-17-9-5-10-21-19(17)24-11-3-2-6-16-12-23(13-18(16)24)20(26)15-7-4-8-15/h5,9-10,15-16,18H,2-4,6-8,11-13H2,1H3,(H,22,25)/t16-,18+/m1/s1. The Morgan fingerprint density at radius 1 is 1.15 bits per heavy atom. The molecule has 140 valence electrons. The van der Waals surface area contributed by atoms with E-state index in [2.05, 4.69) is 20.1 Å². The Hall–Kier alpha value is -2.11. The SMILES string of the molecule is CC(=O)Nc1cccnc1N1CCCC[C@@H]2CN(C(=O)C3CCC3)C[C@@H]21. The number of hydrogen-bond donors (Lipinski definition) is 1. The molecule has 6 heteroatoms. The Kier molecular flexibility index (Phi) is 4.83. The summed E-state index contributed by atoms with van der Waals surface area (Å²) in [6, 6.07) is 4.06. The fourth-order valence-corrected chi connectivity index (χ4v) is 4.61. The van der Waals surface area contributed by atoms with Crippen LogP contribution in [0.3, 0.4) is 0 Å². The lowest BCUT2D eigenvalue weighted by molar-refractivity contribution is -0.137. The molecule has 6 nitrogen and oxygen atoms in total. The van der Waals surface area contributed by atoms with Gasteiger partial charge in [-0.25, -0.2) is 4.98 Å². The first-order valence-electron chi connectivity index (χ1n) is 9.91. The van der Waals surface area contributed by atoms with Gasteiger partial charge in [0.15, 0.2) is 5.82 Å². The Morgan fingerprint density at radius 2 is 2.00 bits per heavy atom. The number of rotatable bonds is 3. The third kappa shape index (κ3) is 3.29. The summed E-state index contributed by atoms with van der Waals surface area (Å²) < 4.78 is 0. The molecule has 1 aliphatic carbocycles. The maximum atomic E-state index is 12.7. The Balaban J connectivity index is 1.58. The zero-order chi connectivity index (χ0) is 18.1. The molecule has 2 amide bonds. The van der Waals surface area contributed by atoms with E-state index in [9.17, 15) is 9.59 Å². The maximum Gasteiger partial charge on any atom is 0.225 e. The topological polar surface area (TPSA) is 65.5 Å². The highest BCUT2D eigenvalue weighted by atomic mass is 16.2. The lowest BCUT2D eigenvalue weighted by atomic mass is 9.84. The average molecular weight is 356 g/mol. The van der Waals surface area contributed by atoms with E-state index in [1.807, 2.05) is 12.1 Å². The summed E-state index contributed by atoms with van der Waals surface area (Å²) in [6.45, 7) is 4.11. The third-order valence-electron chi connectivity index (χ3n) is 6.17. The van der Waals surface area contributed by atoms with E-state index in [1.165, 1.54) is 19.8 Å². The van der Waals surface area contributed by atoms with Crippen LogP contribution in [0.15, 0.2) is 18.3 Å². The van der Waals surface area contributed by atoms with E-state index in [0.717, 1.165) is 56.8 Å². The number of amides is 2. The van der Waals surface area contributed by atoms with Gasteiger partial charge in [0.2, 0.25) is 11.8 Å². The Bertz CT molecular complexity index is 688. The summed E-state index contributed by atoms with van der Waals surface area (Å²) in [5.41, 5.74) is 0.768. The molecule has 2 atom stereocenters. The normalized spacial score (nSPS) is 26.0. The van der Waals surface area contributed by atoms with Crippen LogP contribution in [-0.4, -0.2) is 47.4 Å². The number of hydrogen-bond acceptors (Lipinski definition) is 4. The van der Waals surface area contributed by atoms with Gasteiger partial charge >= 0.3 is 0 Å². The van der Waals surface area contributed by atoms with Gasteiger partial charge in [0.25, 0.3) is 0 Å². The van der Waals surface area contributed by atoms with Crippen LogP contribution in [-0.2, 0) is 9.59 Å². The van der Waals surface area contributed by atoms with Crippen LogP contribution in [0.25, 0.3) is 0 Å². The molecule has 3 fully saturated rings. The molecule has 3 aliphatic rings. The molecular weight excluding hydrogens is 328 g/mol. The molecule has 4 rings (SSSR count). The van der Waals surface area contributed by atoms with Gasteiger partial charge < -0.3 is 15.1 Å². The highest BCUT2D eigenvalue weighted by molar-refractivity contribution is 5.92. The zero-order valence-electron chi connectivity index (χ0n) is 15.5. The number of carbonyl (C=O) groups excluding carboxylic acids is 2. The van der Waals surface area contributed by atoms with Gasteiger partial charge in [0.1, 0.15) is 0 Å². The van der Waals surface area contributed by atoms with E-state index < -0.39 is 0 Å². The van der Waals surface area contributed by atoms with Crippen molar-refractivity contribution < 1.29 is 9.59 Å². The molecule has 0 aromatic carbocycles. The predicted octanol–water partition coefficient (Wildman–Crippen LogP) is 2.66. The number of aromatic nitrogens is 1. The minimum atomic E-state index is -0.0844. The lowest BCUT2D eigenvalue weighted by Gasteiger charge is -2.33. The van der Waals surface area contributed by atoms with E-state index in [1.54, 1.807) is 6.20 Å². The van der Waals surface area contributed by atoms with Crippen molar-refractivity contribution in [3.05, 3.63) is 18.3 Å². The van der Waals surface area contributed by atoms with Crippen LogP contribution in [0, 0.1) is 11.8 Å². The van der Waals surface area contributed by atoms with Crippen LogP contribution < -0.4 is 10.2 Å². The molecule has 2 aliphatic heterocycles. The summed E-state index contributed by atoms with van der Waals surface area (Å²) in [6.07, 6.45) is 8.57. The van der Waals surface area contributed by atoms with Crippen molar-refractivity contribution in [3.8, 4) is 0 Å². The van der Waals surface area contributed by atoms with Crippen molar-refractivity contribution >= 4 is 23.3 Å². The molecular formula is C20H28N4O2. The van der Waals surface area contributed by atoms with E-state index in [-0.39, 0.29) is 11.8 Å². The molecule has 2 saturated heterocycles. The monoisotopic (exact) mass is 356 g/mol. The van der Waals surface area contributed by atoms with Crippen LogP contribution in [0.5, 0.6) is 0 Å². The first kappa shape index (κ1) is 17.3. The van der Waals surface area contributed by atoms with Gasteiger partial charge in [0, 0.05) is 38.7 Å². The van der Waals surface area contributed by atoms with Crippen molar-refractivity contribution in [2.75, 3.05) is 29.9 Å². The second kappa shape index (κ2) is 7.25. The quantitative estimate of drug-likeness (QED) is 0.904. The molecule has 0 radical (unpaired) electrons. The fraction of sp³-hybridized carbons (Fsp3) is 0.650. The minimum absolute atomic E-state index is 0.0844. The van der Waals surface area contributed by atoms with Crippen molar-refractivity contribution in [1.82, 2.24) is 9.88 Å². The highest BCUT2D eigenvalue weighted by Crippen LogP contribution is 2.37. The third-order valence-corrected chi connectivity index (χ3v) is 6.17.